The molecular weight excluding hydrogens is 356 g/mol. The maximum atomic E-state index is 12.1. The minimum Gasteiger partial charge on any atom is -0.494 e. The normalized spacial score (nSPS) is 11.1. The topological polar surface area (TPSA) is 65.7 Å². The van der Waals surface area contributed by atoms with Crippen LogP contribution in [0.5, 0.6) is 5.75 Å². The van der Waals surface area contributed by atoms with Crippen molar-refractivity contribution in [3.63, 3.8) is 0 Å². The number of esters is 1. The number of carbonyl (C=O) groups excluding carboxylic acids is 1. The summed E-state index contributed by atoms with van der Waals surface area (Å²) in [6.07, 6.45) is 3.03. The van der Waals surface area contributed by atoms with E-state index >= 15 is 0 Å². The molecule has 0 amide bonds. The summed E-state index contributed by atoms with van der Waals surface area (Å²) in [4.78, 5) is 23.9. The molecule has 28 heavy (non-hydrogen) atoms. The number of benzene rings is 2. The molecule has 1 aromatic heterocycles. The zero-order valence-corrected chi connectivity index (χ0v) is 16.2. The summed E-state index contributed by atoms with van der Waals surface area (Å²) in [5, 5.41) is 0.769. The number of carbonyl (C=O) groups is 1. The van der Waals surface area contributed by atoms with Crippen molar-refractivity contribution in [3.8, 4) is 5.75 Å². The lowest BCUT2D eigenvalue weighted by molar-refractivity contribution is -0.138. The first-order valence-electron chi connectivity index (χ1n) is 9.08. The number of fused-ring (bicyclic) bond motifs is 1. The summed E-state index contributed by atoms with van der Waals surface area (Å²) in [6, 6.07) is 12.6. The Morgan fingerprint density at radius 2 is 1.86 bits per heavy atom. The second-order valence-corrected chi connectivity index (χ2v) is 6.42. The Morgan fingerprint density at radius 3 is 2.57 bits per heavy atom. The van der Waals surface area contributed by atoms with Gasteiger partial charge in [0.15, 0.2) is 0 Å². The van der Waals surface area contributed by atoms with E-state index in [2.05, 4.69) is 0 Å². The maximum Gasteiger partial charge on any atom is 0.336 e. The lowest BCUT2D eigenvalue weighted by Gasteiger charge is -2.09. The van der Waals surface area contributed by atoms with Crippen LogP contribution in [0.15, 0.2) is 57.8 Å². The molecule has 0 saturated carbocycles. The highest BCUT2D eigenvalue weighted by Gasteiger charge is 2.10. The Labute approximate surface area is 163 Å². The molecule has 5 nitrogen and oxygen atoms in total. The van der Waals surface area contributed by atoms with Crippen molar-refractivity contribution in [2.75, 3.05) is 6.61 Å². The molecule has 0 radical (unpaired) electrons. The smallest absolute Gasteiger partial charge is 0.336 e. The summed E-state index contributed by atoms with van der Waals surface area (Å²) in [5.74, 6) is 0.293. The van der Waals surface area contributed by atoms with Crippen LogP contribution in [-0.2, 0) is 16.1 Å². The molecular formula is C23H22O5. The van der Waals surface area contributed by atoms with E-state index in [0.29, 0.717) is 17.8 Å². The largest absolute Gasteiger partial charge is 0.494 e. The van der Waals surface area contributed by atoms with E-state index < -0.39 is 11.6 Å². The van der Waals surface area contributed by atoms with Gasteiger partial charge in [0.25, 0.3) is 0 Å². The maximum absolute atomic E-state index is 12.1. The Morgan fingerprint density at radius 1 is 1.11 bits per heavy atom. The fraction of sp³-hybridized carbons (Fsp3) is 0.217. The third-order valence-electron chi connectivity index (χ3n) is 4.49. The van der Waals surface area contributed by atoms with Crippen molar-refractivity contribution in [3.05, 3.63) is 81.2 Å². The van der Waals surface area contributed by atoms with Crippen molar-refractivity contribution < 1.29 is 18.7 Å². The summed E-state index contributed by atoms with van der Waals surface area (Å²) >= 11 is 0. The molecule has 144 valence electrons. The fourth-order valence-corrected chi connectivity index (χ4v) is 2.85. The van der Waals surface area contributed by atoms with Gasteiger partial charge in [0.05, 0.1) is 6.61 Å². The van der Waals surface area contributed by atoms with Gasteiger partial charge in [-0.1, -0.05) is 24.3 Å². The predicted molar refractivity (Wildman–Crippen MR) is 108 cm³/mol. The summed E-state index contributed by atoms with van der Waals surface area (Å²) in [6.45, 7) is 6.37. The predicted octanol–water partition coefficient (Wildman–Crippen LogP) is 4.57. The van der Waals surface area contributed by atoms with Crippen molar-refractivity contribution in [2.45, 2.75) is 27.4 Å². The van der Waals surface area contributed by atoms with Crippen LogP contribution in [0.2, 0.25) is 0 Å². The quantitative estimate of drug-likeness (QED) is 0.357. The molecule has 0 fully saturated rings. The summed E-state index contributed by atoms with van der Waals surface area (Å²) in [5.41, 5.74) is 3.48. The van der Waals surface area contributed by atoms with E-state index in [1.54, 1.807) is 6.08 Å². The van der Waals surface area contributed by atoms with Crippen LogP contribution in [0.3, 0.4) is 0 Å². The molecule has 1 heterocycles. The second kappa shape index (κ2) is 8.57. The monoisotopic (exact) mass is 378 g/mol. The summed E-state index contributed by atoms with van der Waals surface area (Å²) < 4.78 is 16.0. The highest BCUT2D eigenvalue weighted by atomic mass is 16.5. The number of ether oxygens (including phenoxy) is 2. The van der Waals surface area contributed by atoms with Gasteiger partial charge in [-0.3, -0.25) is 0 Å². The SMILES string of the molecule is CCOc1ccc(/C=C/C(=O)OCc2cc(=O)oc3c(C)c(C)ccc23)cc1. The molecule has 0 aliphatic carbocycles. The third kappa shape index (κ3) is 4.49. The number of aryl methyl sites for hydroxylation is 2. The van der Waals surface area contributed by atoms with Crippen LogP contribution in [0, 0.1) is 13.8 Å². The minimum atomic E-state index is -0.487. The molecule has 0 aliphatic heterocycles. The van der Waals surface area contributed by atoms with E-state index in [4.69, 9.17) is 13.9 Å². The van der Waals surface area contributed by atoms with Crippen LogP contribution in [0.25, 0.3) is 17.0 Å². The van der Waals surface area contributed by atoms with Crippen molar-refractivity contribution >= 4 is 23.0 Å². The number of rotatable bonds is 6. The highest BCUT2D eigenvalue weighted by Crippen LogP contribution is 2.23. The molecule has 0 atom stereocenters. The molecule has 0 unspecified atom stereocenters. The zero-order valence-electron chi connectivity index (χ0n) is 16.2. The van der Waals surface area contributed by atoms with Crippen molar-refractivity contribution in [1.82, 2.24) is 0 Å². The molecule has 3 rings (SSSR count). The van der Waals surface area contributed by atoms with Gasteiger partial charge in [0, 0.05) is 23.1 Å². The lowest BCUT2D eigenvalue weighted by Crippen LogP contribution is -2.06. The highest BCUT2D eigenvalue weighted by molar-refractivity contribution is 5.88. The lowest BCUT2D eigenvalue weighted by atomic mass is 10.0. The van der Waals surface area contributed by atoms with Crippen LogP contribution in [0.4, 0.5) is 0 Å². The van der Waals surface area contributed by atoms with Gasteiger partial charge >= 0.3 is 11.6 Å². The van der Waals surface area contributed by atoms with E-state index in [1.165, 1.54) is 12.1 Å². The first kappa shape index (κ1) is 19.4. The van der Waals surface area contributed by atoms with E-state index in [-0.39, 0.29) is 6.61 Å². The number of hydrogen-bond donors (Lipinski definition) is 0. The second-order valence-electron chi connectivity index (χ2n) is 6.42. The van der Waals surface area contributed by atoms with Gasteiger partial charge in [-0.25, -0.2) is 9.59 Å². The fourth-order valence-electron chi connectivity index (χ4n) is 2.85. The van der Waals surface area contributed by atoms with Gasteiger partial charge in [0.1, 0.15) is 17.9 Å². The molecule has 2 aromatic carbocycles. The molecule has 0 spiro atoms. The molecule has 0 saturated heterocycles. The summed E-state index contributed by atoms with van der Waals surface area (Å²) in [7, 11) is 0. The van der Waals surface area contributed by atoms with Gasteiger partial charge in [-0.15, -0.1) is 0 Å². The average Bonchev–Trinajstić information content (AvgIpc) is 2.69. The van der Waals surface area contributed by atoms with Crippen LogP contribution >= 0.6 is 0 Å². The van der Waals surface area contributed by atoms with E-state index in [1.807, 2.05) is 57.2 Å². The zero-order chi connectivity index (χ0) is 20.1. The molecule has 5 heteroatoms. The first-order valence-corrected chi connectivity index (χ1v) is 9.08. The third-order valence-corrected chi connectivity index (χ3v) is 4.49. The van der Waals surface area contributed by atoms with Crippen molar-refractivity contribution in [1.29, 1.82) is 0 Å². The average molecular weight is 378 g/mol. The minimum absolute atomic E-state index is 0.00292. The Hall–Kier alpha value is -3.34. The van der Waals surface area contributed by atoms with Crippen LogP contribution in [0.1, 0.15) is 29.2 Å². The van der Waals surface area contributed by atoms with E-state index in [0.717, 1.165) is 27.8 Å². The standard InChI is InChI=1S/C23H22O5/c1-4-26-19-9-6-17(7-10-19)8-12-21(24)27-14-18-13-22(25)28-23-16(3)15(2)5-11-20(18)23/h5-13H,4,14H2,1-3H3/b12-8+. The van der Waals surface area contributed by atoms with Gasteiger partial charge in [-0.05, 0) is 55.7 Å². The molecule has 0 aliphatic rings. The first-order chi connectivity index (χ1) is 13.5. The van der Waals surface area contributed by atoms with Gasteiger partial charge in [0.2, 0.25) is 0 Å². The van der Waals surface area contributed by atoms with E-state index in [9.17, 15) is 9.59 Å². The molecule has 3 aromatic rings. The Kier molecular flexibility index (Phi) is 5.94. The van der Waals surface area contributed by atoms with Gasteiger partial charge < -0.3 is 13.9 Å². The van der Waals surface area contributed by atoms with Crippen molar-refractivity contribution in [2.24, 2.45) is 0 Å². The molecule has 0 N–H and O–H groups in total. The Balaban J connectivity index is 1.71. The number of hydrogen-bond acceptors (Lipinski definition) is 5. The van der Waals surface area contributed by atoms with Crippen LogP contribution in [-0.4, -0.2) is 12.6 Å². The Bertz CT molecular complexity index is 1070. The molecule has 0 bridgehead atoms. The van der Waals surface area contributed by atoms with Gasteiger partial charge in [-0.2, -0.15) is 0 Å². The van der Waals surface area contributed by atoms with Crippen LogP contribution < -0.4 is 10.4 Å².